The van der Waals surface area contributed by atoms with Gasteiger partial charge in [0.1, 0.15) is 11.6 Å². The van der Waals surface area contributed by atoms with Crippen LogP contribution in [0.1, 0.15) is 48.9 Å². The summed E-state index contributed by atoms with van der Waals surface area (Å²) in [6.07, 6.45) is 0. The Bertz CT molecular complexity index is 1830. The van der Waals surface area contributed by atoms with Crippen molar-refractivity contribution < 1.29 is 14.3 Å². The smallest absolute Gasteiger partial charge is 0.343 e. The van der Waals surface area contributed by atoms with Crippen LogP contribution in [-0.4, -0.2) is 20.9 Å². The van der Waals surface area contributed by atoms with Crippen LogP contribution in [0.2, 0.25) is 0 Å². The Kier molecular flexibility index (Phi) is 5.27. The molecule has 8 nitrogen and oxygen atoms in total. The Morgan fingerprint density at radius 1 is 0.868 bits per heavy atom. The number of benzene rings is 3. The Hall–Kier alpha value is -4.98. The van der Waals surface area contributed by atoms with E-state index in [-0.39, 0.29) is 17.1 Å². The van der Waals surface area contributed by atoms with E-state index in [1.165, 1.54) is 11.6 Å². The van der Waals surface area contributed by atoms with Gasteiger partial charge in [-0.15, -0.1) is 0 Å². The summed E-state index contributed by atoms with van der Waals surface area (Å²) in [5.41, 5.74) is 3.51. The predicted molar refractivity (Wildman–Crippen MR) is 143 cm³/mol. The fourth-order valence-corrected chi connectivity index (χ4v) is 5.20. The molecule has 0 amide bonds. The van der Waals surface area contributed by atoms with E-state index in [0.29, 0.717) is 39.3 Å². The van der Waals surface area contributed by atoms with Crippen LogP contribution in [0.4, 0.5) is 5.82 Å². The number of carbonyl (C=O) groups is 2. The van der Waals surface area contributed by atoms with E-state index in [0.717, 1.165) is 10.1 Å². The van der Waals surface area contributed by atoms with Crippen LogP contribution in [-0.2, 0) is 14.1 Å². The predicted octanol–water partition coefficient (Wildman–Crippen LogP) is 3.78. The minimum atomic E-state index is -0.787. The summed E-state index contributed by atoms with van der Waals surface area (Å²) in [4.78, 5) is 52.8. The third-order valence-corrected chi connectivity index (χ3v) is 7.16. The highest BCUT2D eigenvalue weighted by Crippen LogP contribution is 2.48. The second-order valence-electron chi connectivity index (χ2n) is 9.52. The topological polar surface area (TPSA) is 99.4 Å². The summed E-state index contributed by atoms with van der Waals surface area (Å²) in [5, 5.41) is 3.22. The van der Waals surface area contributed by atoms with Gasteiger partial charge in [0.05, 0.1) is 16.8 Å². The van der Waals surface area contributed by atoms with Gasteiger partial charge in [-0.3, -0.25) is 18.7 Å². The average molecular weight is 506 g/mol. The molecule has 38 heavy (non-hydrogen) atoms. The first-order valence-electron chi connectivity index (χ1n) is 12.1. The van der Waals surface area contributed by atoms with Crippen molar-refractivity contribution in [2.45, 2.75) is 12.8 Å². The zero-order chi connectivity index (χ0) is 26.7. The quantitative estimate of drug-likeness (QED) is 0.336. The molecule has 0 radical (unpaired) electrons. The lowest BCUT2D eigenvalue weighted by molar-refractivity contribution is 0.0734. The Balaban J connectivity index is 1.52. The molecule has 1 aliphatic carbocycles. The number of Topliss-reactive ketones (excluding diaryl/α,β-unsaturated/α-hetero) is 1. The molecule has 1 N–H and O–H groups in total. The maximum absolute atomic E-state index is 13.7. The fourth-order valence-electron chi connectivity index (χ4n) is 5.20. The van der Waals surface area contributed by atoms with E-state index in [1.54, 1.807) is 55.6 Å². The molecule has 1 unspecified atom stereocenters. The van der Waals surface area contributed by atoms with Crippen molar-refractivity contribution in [3.8, 4) is 5.75 Å². The Morgan fingerprint density at radius 3 is 2.32 bits per heavy atom. The number of allylic oxidation sites excluding steroid dienone is 1. The van der Waals surface area contributed by atoms with Gasteiger partial charge in [0.15, 0.2) is 5.78 Å². The van der Waals surface area contributed by atoms with Crippen LogP contribution >= 0.6 is 0 Å². The standard InChI is InChI=1S/C30H23N3O5/c1-16-11-13-17(14-12-16)29(36)38-19-8-6-7-18(15-19)22-23-25(20-9-4-5-10-21(20)26(23)34)31-27-24(22)28(35)33(3)30(37)32(27)2/h4-15,22,31H,1-3H3. The monoisotopic (exact) mass is 505 g/mol. The van der Waals surface area contributed by atoms with E-state index in [2.05, 4.69) is 5.32 Å². The van der Waals surface area contributed by atoms with E-state index < -0.39 is 23.1 Å². The Labute approximate surface area is 217 Å². The minimum absolute atomic E-state index is 0.197. The number of anilines is 1. The van der Waals surface area contributed by atoms with Gasteiger partial charge in [0.25, 0.3) is 5.56 Å². The molecule has 2 aliphatic rings. The van der Waals surface area contributed by atoms with Gasteiger partial charge in [0, 0.05) is 36.7 Å². The van der Waals surface area contributed by atoms with Gasteiger partial charge in [0.2, 0.25) is 0 Å². The Morgan fingerprint density at radius 2 is 1.58 bits per heavy atom. The molecule has 2 heterocycles. The molecule has 8 heteroatoms. The van der Waals surface area contributed by atoms with Crippen molar-refractivity contribution in [2.24, 2.45) is 14.1 Å². The zero-order valence-electron chi connectivity index (χ0n) is 20.9. The number of nitrogens with zero attached hydrogens (tertiary/aromatic N) is 2. The van der Waals surface area contributed by atoms with Crippen LogP contribution in [0.25, 0.3) is 5.70 Å². The van der Waals surface area contributed by atoms with Crippen LogP contribution in [0.15, 0.2) is 88.0 Å². The van der Waals surface area contributed by atoms with Crippen LogP contribution in [0, 0.1) is 6.92 Å². The second kappa shape index (κ2) is 8.55. The van der Waals surface area contributed by atoms with Crippen molar-refractivity contribution in [1.29, 1.82) is 0 Å². The lowest BCUT2D eigenvalue weighted by Gasteiger charge is -2.29. The maximum Gasteiger partial charge on any atom is 0.343 e. The number of esters is 1. The minimum Gasteiger partial charge on any atom is -0.423 e. The highest BCUT2D eigenvalue weighted by atomic mass is 16.5. The normalized spacial score (nSPS) is 15.4. The summed E-state index contributed by atoms with van der Waals surface area (Å²) in [6, 6.07) is 21.1. The molecule has 0 saturated heterocycles. The third-order valence-electron chi connectivity index (χ3n) is 7.16. The lowest BCUT2D eigenvalue weighted by atomic mass is 9.81. The third kappa shape index (κ3) is 3.45. The zero-order valence-corrected chi connectivity index (χ0v) is 20.9. The van der Waals surface area contributed by atoms with Crippen LogP contribution in [0.3, 0.4) is 0 Å². The largest absolute Gasteiger partial charge is 0.423 e. The van der Waals surface area contributed by atoms with Crippen LogP contribution in [0.5, 0.6) is 5.75 Å². The molecule has 0 fully saturated rings. The van der Waals surface area contributed by atoms with Crippen LogP contribution < -0.4 is 21.3 Å². The molecular weight excluding hydrogens is 482 g/mol. The molecule has 0 spiro atoms. The summed E-state index contributed by atoms with van der Waals surface area (Å²) < 4.78 is 8.07. The maximum atomic E-state index is 13.7. The molecule has 0 bridgehead atoms. The number of rotatable bonds is 3. The number of aromatic nitrogens is 2. The second-order valence-corrected chi connectivity index (χ2v) is 9.52. The van der Waals surface area contributed by atoms with Gasteiger partial charge in [-0.1, -0.05) is 54.1 Å². The summed E-state index contributed by atoms with van der Waals surface area (Å²) >= 11 is 0. The van der Waals surface area contributed by atoms with Gasteiger partial charge >= 0.3 is 11.7 Å². The van der Waals surface area contributed by atoms with E-state index >= 15 is 0 Å². The highest BCUT2D eigenvalue weighted by molar-refractivity contribution is 6.23. The number of carbonyl (C=O) groups excluding carboxylic acids is 2. The van der Waals surface area contributed by atoms with Gasteiger partial charge in [-0.25, -0.2) is 9.59 Å². The first-order chi connectivity index (χ1) is 18.3. The lowest BCUT2D eigenvalue weighted by Crippen LogP contribution is -2.42. The molecule has 188 valence electrons. The molecule has 1 aromatic heterocycles. The number of ketones is 1. The van der Waals surface area contributed by atoms with Crippen molar-refractivity contribution in [3.05, 3.63) is 133 Å². The van der Waals surface area contributed by atoms with Gasteiger partial charge in [-0.2, -0.15) is 0 Å². The fraction of sp³-hybridized carbons (Fsp3) is 0.133. The molecule has 0 saturated carbocycles. The molecule has 1 aliphatic heterocycles. The van der Waals surface area contributed by atoms with Crippen molar-refractivity contribution in [1.82, 2.24) is 9.13 Å². The summed E-state index contributed by atoms with van der Waals surface area (Å²) in [6.45, 7) is 1.93. The summed E-state index contributed by atoms with van der Waals surface area (Å²) in [7, 11) is 3.00. The number of fused-ring (bicyclic) bond motifs is 3. The average Bonchev–Trinajstić information content (AvgIpc) is 3.21. The van der Waals surface area contributed by atoms with Gasteiger partial charge < -0.3 is 10.1 Å². The van der Waals surface area contributed by atoms with E-state index in [9.17, 15) is 19.2 Å². The first kappa shape index (κ1) is 23.4. The molecule has 4 aromatic rings. The van der Waals surface area contributed by atoms with Crippen molar-refractivity contribution in [2.75, 3.05) is 5.32 Å². The number of aryl methyl sites for hydroxylation is 1. The number of ether oxygens (including phenoxy) is 1. The van der Waals surface area contributed by atoms with Crippen molar-refractivity contribution in [3.63, 3.8) is 0 Å². The SMILES string of the molecule is Cc1ccc(C(=O)Oc2cccc(C3C4=C(Nc5c3c(=O)n(C)c(=O)n5C)c3ccccc3C4=O)c2)cc1. The molecule has 1 atom stereocenters. The number of hydrogen-bond donors (Lipinski definition) is 1. The first-order valence-corrected chi connectivity index (χ1v) is 12.1. The van der Waals surface area contributed by atoms with Gasteiger partial charge in [-0.05, 0) is 36.8 Å². The van der Waals surface area contributed by atoms with Crippen molar-refractivity contribution >= 4 is 23.3 Å². The molecule has 6 rings (SSSR count). The van der Waals surface area contributed by atoms with E-state index in [1.807, 2.05) is 31.2 Å². The molecular formula is C30H23N3O5. The molecule has 3 aromatic carbocycles. The summed E-state index contributed by atoms with van der Waals surface area (Å²) in [5.74, 6) is -0.898. The van der Waals surface area contributed by atoms with E-state index in [4.69, 9.17) is 4.74 Å². The number of nitrogens with one attached hydrogen (secondary N) is 1. The number of hydrogen-bond acceptors (Lipinski definition) is 6. The highest BCUT2D eigenvalue weighted by Gasteiger charge is 2.42.